The smallest absolute Gasteiger partial charge is 0.150 e. The van der Waals surface area contributed by atoms with Crippen LogP contribution in [-0.4, -0.2) is 24.1 Å². The molecule has 0 saturated carbocycles. The number of nitrogens with zero attached hydrogens (tertiary/aromatic N) is 6. The van der Waals surface area contributed by atoms with Gasteiger partial charge in [0.15, 0.2) is 0 Å². The van der Waals surface area contributed by atoms with Gasteiger partial charge in [-0.05, 0) is 23.8 Å². The molecular weight excluding hydrogens is 406 g/mol. The molecule has 8 heteroatoms. The normalized spacial score (nSPS) is 11.5. The summed E-state index contributed by atoms with van der Waals surface area (Å²) in [7, 11) is 1.90. The predicted octanol–water partition coefficient (Wildman–Crippen LogP) is 4.62. The number of fused-ring (bicyclic) bond motifs is 4. The number of aromatic nitrogens is 5. The minimum atomic E-state index is 0.435. The lowest BCUT2D eigenvalue weighted by Crippen LogP contribution is -1.98. The first kappa shape index (κ1) is 17.6. The van der Waals surface area contributed by atoms with E-state index in [1.54, 1.807) is 23.9 Å². The number of hydrogen-bond acceptors (Lipinski definition) is 6. The van der Waals surface area contributed by atoms with Gasteiger partial charge in [0.1, 0.15) is 17.4 Å². The van der Waals surface area contributed by atoms with E-state index in [0.29, 0.717) is 11.4 Å². The molecule has 31 heavy (non-hydrogen) atoms. The number of benzene rings is 2. The van der Waals surface area contributed by atoms with Crippen molar-refractivity contribution in [3.05, 3.63) is 66.7 Å². The van der Waals surface area contributed by atoms with Crippen molar-refractivity contribution in [2.24, 2.45) is 7.05 Å². The lowest BCUT2D eigenvalue weighted by molar-refractivity contribution is 0.777. The van der Waals surface area contributed by atoms with E-state index in [9.17, 15) is 5.26 Å². The Bertz CT molecular complexity index is 1680. The van der Waals surface area contributed by atoms with Gasteiger partial charge >= 0.3 is 0 Å². The van der Waals surface area contributed by atoms with Gasteiger partial charge in [-0.3, -0.25) is 9.08 Å². The molecule has 2 N–H and O–H groups in total. The van der Waals surface area contributed by atoms with Crippen molar-refractivity contribution in [1.29, 1.82) is 5.26 Å². The van der Waals surface area contributed by atoms with Crippen LogP contribution in [0, 0.1) is 11.3 Å². The third-order valence-corrected chi connectivity index (χ3v) is 6.73. The first-order valence-electron chi connectivity index (χ1n) is 9.61. The Morgan fingerprint density at radius 2 is 1.97 bits per heavy atom. The number of anilines is 1. The number of aryl methyl sites for hydroxylation is 1. The maximum atomic E-state index is 9.90. The fourth-order valence-electron chi connectivity index (χ4n) is 4.09. The van der Waals surface area contributed by atoms with Gasteiger partial charge in [-0.15, -0.1) is 11.3 Å². The first-order chi connectivity index (χ1) is 15.2. The Morgan fingerprint density at radius 3 is 2.84 bits per heavy atom. The van der Waals surface area contributed by atoms with Crippen molar-refractivity contribution < 1.29 is 0 Å². The van der Waals surface area contributed by atoms with Crippen molar-refractivity contribution in [2.45, 2.75) is 0 Å². The lowest BCUT2D eigenvalue weighted by atomic mass is 10.0. The van der Waals surface area contributed by atoms with Crippen molar-refractivity contribution in [2.75, 3.05) is 5.73 Å². The third kappa shape index (κ3) is 2.47. The van der Waals surface area contributed by atoms with E-state index in [4.69, 9.17) is 5.73 Å². The van der Waals surface area contributed by atoms with Crippen LogP contribution in [0.1, 0.15) is 5.56 Å². The summed E-state index contributed by atoms with van der Waals surface area (Å²) >= 11 is 1.61. The predicted molar refractivity (Wildman–Crippen MR) is 123 cm³/mol. The highest BCUT2D eigenvalue weighted by atomic mass is 32.1. The summed E-state index contributed by atoms with van der Waals surface area (Å²) in [5.74, 6) is 0.435. The quantitative estimate of drug-likeness (QED) is 0.440. The topological polar surface area (TPSA) is 97.8 Å². The van der Waals surface area contributed by atoms with Crippen molar-refractivity contribution in [1.82, 2.24) is 24.1 Å². The summed E-state index contributed by atoms with van der Waals surface area (Å²) in [5.41, 5.74) is 12.1. The molecule has 0 aliphatic rings. The molecule has 0 aliphatic carbocycles. The number of imidazole rings is 1. The average Bonchev–Trinajstić information content (AvgIpc) is 3.49. The van der Waals surface area contributed by atoms with Gasteiger partial charge in [0, 0.05) is 22.7 Å². The second-order valence-electron chi connectivity index (χ2n) is 7.29. The first-order valence-corrected chi connectivity index (χ1v) is 10.4. The van der Waals surface area contributed by atoms with Crippen LogP contribution < -0.4 is 5.73 Å². The molecule has 4 aromatic heterocycles. The number of nitrogen functional groups attached to an aromatic ring is 1. The molecule has 4 heterocycles. The number of rotatable bonds is 2. The zero-order valence-corrected chi connectivity index (χ0v) is 17.3. The third-order valence-electron chi connectivity index (χ3n) is 5.55. The second kappa shape index (κ2) is 6.39. The highest BCUT2D eigenvalue weighted by Crippen LogP contribution is 2.42. The van der Waals surface area contributed by atoms with Crippen LogP contribution in [0.5, 0.6) is 0 Å². The molecular formula is C23H15N7S. The van der Waals surface area contributed by atoms with Gasteiger partial charge in [-0.2, -0.15) is 10.4 Å². The Hall–Kier alpha value is -4.22. The maximum Gasteiger partial charge on any atom is 0.150 e. The number of nitriles is 1. The maximum absolute atomic E-state index is 9.90. The summed E-state index contributed by atoms with van der Waals surface area (Å²) in [6.45, 7) is 0. The van der Waals surface area contributed by atoms with Crippen LogP contribution in [0.3, 0.4) is 0 Å². The average molecular weight is 421 g/mol. The molecule has 6 aromatic rings. The van der Waals surface area contributed by atoms with Crippen molar-refractivity contribution >= 4 is 43.8 Å². The standard InChI is InChI=1S/C23H15N7S/c1-29-21(22-15(9-24)14-4-2-3-5-20(14)31-22)16(10-27-29)13-6-7-18-17(8-13)28-23(25)19-11-26-12-30(18)19/h2-8,10-12H,1H3,(H2,25,28). The van der Waals surface area contributed by atoms with E-state index >= 15 is 0 Å². The lowest BCUT2D eigenvalue weighted by Gasteiger charge is -2.08. The van der Waals surface area contributed by atoms with E-state index < -0.39 is 0 Å². The SMILES string of the molecule is Cn1ncc(-c2ccc3c(c2)nc(N)c2cncn23)c1-c1sc2ccccc2c1C#N. The second-order valence-corrected chi connectivity index (χ2v) is 8.35. The van der Waals surface area contributed by atoms with E-state index in [2.05, 4.69) is 21.1 Å². The minimum Gasteiger partial charge on any atom is -0.382 e. The molecule has 0 saturated heterocycles. The molecule has 0 unspecified atom stereocenters. The van der Waals surface area contributed by atoms with Crippen molar-refractivity contribution in [3.8, 4) is 27.8 Å². The molecule has 2 aromatic carbocycles. The Labute approximate surface area is 180 Å². The number of hydrogen-bond donors (Lipinski definition) is 1. The summed E-state index contributed by atoms with van der Waals surface area (Å²) in [6.07, 6.45) is 5.28. The minimum absolute atomic E-state index is 0.435. The highest BCUT2D eigenvalue weighted by Gasteiger charge is 2.21. The van der Waals surface area contributed by atoms with Gasteiger partial charge in [0.2, 0.25) is 0 Å². The fraction of sp³-hybridized carbons (Fsp3) is 0.0435. The van der Waals surface area contributed by atoms with E-state index in [-0.39, 0.29) is 0 Å². The van der Waals surface area contributed by atoms with Crippen LogP contribution in [0.2, 0.25) is 0 Å². The Kier molecular flexibility index (Phi) is 3.63. The molecule has 0 fully saturated rings. The molecule has 0 bridgehead atoms. The van der Waals surface area contributed by atoms with Gasteiger partial charge in [0.25, 0.3) is 0 Å². The monoisotopic (exact) mass is 421 g/mol. The van der Waals surface area contributed by atoms with Gasteiger partial charge in [-0.1, -0.05) is 24.3 Å². The molecule has 0 amide bonds. The van der Waals surface area contributed by atoms with Gasteiger partial charge < -0.3 is 5.73 Å². The molecule has 0 aliphatic heterocycles. The molecule has 148 valence electrons. The van der Waals surface area contributed by atoms with Crippen LogP contribution in [0.15, 0.2) is 61.2 Å². The number of nitrogens with two attached hydrogens (primary N) is 1. The van der Waals surface area contributed by atoms with E-state index in [0.717, 1.165) is 48.3 Å². The van der Waals surface area contributed by atoms with Gasteiger partial charge in [0.05, 0.1) is 45.9 Å². The largest absolute Gasteiger partial charge is 0.382 e. The number of thiophene rings is 1. The molecule has 0 spiro atoms. The zero-order valence-electron chi connectivity index (χ0n) is 16.4. The summed E-state index contributed by atoms with van der Waals surface area (Å²) < 4.78 is 4.84. The molecule has 0 atom stereocenters. The van der Waals surface area contributed by atoms with Gasteiger partial charge in [-0.25, -0.2) is 9.97 Å². The summed E-state index contributed by atoms with van der Waals surface area (Å²) in [4.78, 5) is 9.68. The Morgan fingerprint density at radius 1 is 1.10 bits per heavy atom. The zero-order chi connectivity index (χ0) is 21.1. The fourth-order valence-corrected chi connectivity index (χ4v) is 5.33. The summed E-state index contributed by atoms with van der Waals surface area (Å²) in [5, 5.41) is 15.4. The van der Waals surface area contributed by atoms with Crippen LogP contribution in [0.25, 0.3) is 48.3 Å². The summed E-state index contributed by atoms with van der Waals surface area (Å²) in [6, 6.07) is 16.4. The van der Waals surface area contributed by atoms with E-state index in [1.807, 2.05) is 64.8 Å². The molecule has 7 nitrogen and oxygen atoms in total. The van der Waals surface area contributed by atoms with Crippen molar-refractivity contribution in [3.63, 3.8) is 0 Å². The highest BCUT2D eigenvalue weighted by molar-refractivity contribution is 7.22. The van der Waals surface area contributed by atoms with Crippen LogP contribution in [0.4, 0.5) is 5.82 Å². The Balaban J connectivity index is 1.61. The van der Waals surface area contributed by atoms with Crippen LogP contribution in [-0.2, 0) is 7.05 Å². The molecule has 0 radical (unpaired) electrons. The van der Waals surface area contributed by atoms with E-state index in [1.165, 1.54) is 0 Å². The molecule has 6 rings (SSSR count). The van der Waals surface area contributed by atoms with Crippen LogP contribution >= 0.6 is 11.3 Å².